The average molecular weight is 248 g/mol. The summed E-state index contributed by atoms with van der Waals surface area (Å²) in [5.41, 5.74) is -0.656. The molecule has 4 nitrogen and oxygen atoms in total. The van der Waals surface area contributed by atoms with Crippen molar-refractivity contribution in [1.82, 2.24) is 10.3 Å². The molecule has 0 saturated carbocycles. The number of pyridine rings is 1. The van der Waals surface area contributed by atoms with Gasteiger partial charge in [0, 0.05) is 12.4 Å². The average Bonchev–Trinajstić information content (AvgIpc) is 2.24. The number of hydrogen-bond acceptors (Lipinski definition) is 3. The van der Waals surface area contributed by atoms with E-state index in [2.05, 4.69) is 10.3 Å². The molecule has 0 fully saturated rings. The van der Waals surface area contributed by atoms with E-state index in [-0.39, 0.29) is 12.0 Å². The second-order valence-electron chi connectivity index (χ2n) is 3.46. The van der Waals surface area contributed by atoms with Crippen molar-refractivity contribution < 1.29 is 23.1 Å². The summed E-state index contributed by atoms with van der Waals surface area (Å²) in [6.45, 7) is 0. The highest BCUT2D eigenvalue weighted by Crippen LogP contribution is 2.29. The first-order chi connectivity index (χ1) is 7.84. The fourth-order valence-corrected chi connectivity index (χ4v) is 1.30. The molecule has 1 aromatic rings. The third-order valence-electron chi connectivity index (χ3n) is 2.21. The smallest absolute Gasteiger partial charge is 0.417 e. The number of aliphatic carboxylic acids is 1. The van der Waals surface area contributed by atoms with Crippen LogP contribution in [0.2, 0.25) is 0 Å². The molecule has 0 unspecified atom stereocenters. The van der Waals surface area contributed by atoms with Crippen LogP contribution >= 0.6 is 0 Å². The Labute approximate surface area is 95.5 Å². The third-order valence-corrected chi connectivity index (χ3v) is 2.21. The molecule has 1 heterocycles. The number of carboxylic acids is 1. The Balaban J connectivity index is 2.89. The van der Waals surface area contributed by atoms with Crippen molar-refractivity contribution in [2.24, 2.45) is 0 Å². The van der Waals surface area contributed by atoms with Gasteiger partial charge in [0.05, 0.1) is 5.56 Å². The van der Waals surface area contributed by atoms with Gasteiger partial charge >= 0.3 is 12.1 Å². The van der Waals surface area contributed by atoms with Crippen LogP contribution in [0.1, 0.15) is 11.1 Å². The van der Waals surface area contributed by atoms with Crippen LogP contribution in [0.4, 0.5) is 13.2 Å². The van der Waals surface area contributed by atoms with Crippen LogP contribution in [0, 0.1) is 0 Å². The van der Waals surface area contributed by atoms with Gasteiger partial charge in [-0.25, -0.2) is 0 Å². The molecule has 0 aliphatic rings. The van der Waals surface area contributed by atoms with Gasteiger partial charge in [0.25, 0.3) is 0 Å². The van der Waals surface area contributed by atoms with Gasteiger partial charge in [-0.3, -0.25) is 9.78 Å². The lowest BCUT2D eigenvalue weighted by molar-refractivity contribution is -0.139. The van der Waals surface area contributed by atoms with Crippen molar-refractivity contribution >= 4 is 5.97 Å². The zero-order valence-corrected chi connectivity index (χ0v) is 8.95. The van der Waals surface area contributed by atoms with Crippen LogP contribution in [0.3, 0.4) is 0 Å². The van der Waals surface area contributed by atoms with E-state index in [0.717, 1.165) is 6.07 Å². The van der Waals surface area contributed by atoms with Crippen LogP contribution in [0.5, 0.6) is 0 Å². The van der Waals surface area contributed by atoms with Crippen LogP contribution < -0.4 is 5.32 Å². The van der Waals surface area contributed by atoms with Crippen molar-refractivity contribution in [3.8, 4) is 0 Å². The Morgan fingerprint density at radius 2 is 2.18 bits per heavy atom. The molecule has 0 aliphatic carbocycles. The molecular weight excluding hydrogens is 237 g/mol. The summed E-state index contributed by atoms with van der Waals surface area (Å²) >= 11 is 0. The van der Waals surface area contributed by atoms with Crippen LogP contribution in [-0.4, -0.2) is 29.1 Å². The SMILES string of the molecule is CN[C@@H](Cc1cncc(C(F)(F)F)c1)C(=O)O. The molecule has 1 rings (SSSR count). The van der Waals surface area contributed by atoms with Gasteiger partial charge in [-0.05, 0) is 25.1 Å². The maximum atomic E-state index is 12.4. The second-order valence-corrected chi connectivity index (χ2v) is 3.46. The fourth-order valence-electron chi connectivity index (χ4n) is 1.30. The maximum absolute atomic E-state index is 12.4. The molecule has 1 atom stereocenters. The Hall–Kier alpha value is -1.63. The van der Waals surface area contributed by atoms with E-state index in [9.17, 15) is 18.0 Å². The summed E-state index contributed by atoms with van der Waals surface area (Å²) in [6, 6.07) is -0.0272. The molecule has 2 N–H and O–H groups in total. The van der Waals surface area contributed by atoms with Crippen molar-refractivity contribution in [3.05, 3.63) is 29.6 Å². The summed E-state index contributed by atoms with van der Waals surface area (Å²) in [4.78, 5) is 14.2. The monoisotopic (exact) mass is 248 g/mol. The zero-order chi connectivity index (χ0) is 13.1. The number of halogens is 3. The second kappa shape index (κ2) is 5.13. The first-order valence-electron chi connectivity index (χ1n) is 4.75. The Morgan fingerprint density at radius 3 is 2.65 bits per heavy atom. The largest absolute Gasteiger partial charge is 0.480 e. The highest BCUT2D eigenvalue weighted by atomic mass is 19.4. The standard InChI is InChI=1S/C10H11F3N2O2/c1-14-8(9(16)17)3-6-2-7(5-15-4-6)10(11,12)13/h2,4-5,8,14H,3H2,1H3,(H,16,17)/t8-/m0/s1. The number of carboxylic acid groups (broad SMARTS) is 1. The fraction of sp³-hybridized carbons (Fsp3) is 0.400. The number of rotatable bonds is 4. The summed E-state index contributed by atoms with van der Waals surface area (Å²) in [5.74, 6) is -1.12. The summed E-state index contributed by atoms with van der Waals surface area (Å²) in [5, 5.41) is 11.3. The van der Waals surface area contributed by atoms with Crippen molar-refractivity contribution in [2.75, 3.05) is 7.05 Å². The summed E-state index contributed by atoms with van der Waals surface area (Å²) in [7, 11) is 1.43. The van der Waals surface area contributed by atoms with E-state index < -0.39 is 23.8 Å². The lowest BCUT2D eigenvalue weighted by Gasteiger charge is -2.12. The van der Waals surface area contributed by atoms with Crippen LogP contribution in [0.25, 0.3) is 0 Å². The molecule has 0 aromatic carbocycles. The molecule has 0 bridgehead atoms. The van der Waals surface area contributed by atoms with E-state index >= 15 is 0 Å². The Kier molecular flexibility index (Phi) is 4.06. The van der Waals surface area contributed by atoms with Crippen LogP contribution in [-0.2, 0) is 17.4 Å². The molecule has 1 aromatic heterocycles. The number of carbonyl (C=O) groups is 1. The first kappa shape index (κ1) is 13.4. The van der Waals surface area contributed by atoms with Gasteiger partial charge in [-0.1, -0.05) is 0 Å². The predicted molar refractivity (Wildman–Crippen MR) is 53.4 cm³/mol. The highest BCUT2D eigenvalue weighted by molar-refractivity contribution is 5.73. The molecule has 0 saturated heterocycles. The van der Waals surface area contributed by atoms with Gasteiger partial charge in [0.15, 0.2) is 0 Å². The number of hydrogen-bond donors (Lipinski definition) is 2. The molecule has 0 radical (unpaired) electrons. The Morgan fingerprint density at radius 1 is 1.53 bits per heavy atom. The normalized spacial score (nSPS) is 13.4. The number of alkyl halides is 3. The summed E-state index contributed by atoms with van der Waals surface area (Å²) < 4.78 is 37.1. The molecule has 0 aliphatic heterocycles. The number of likely N-dealkylation sites (N-methyl/N-ethyl adjacent to an activating group) is 1. The minimum absolute atomic E-state index is 0.0528. The van der Waals surface area contributed by atoms with Crippen molar-refractivity contribution in [2.45, 2.75) is 18.6 Å². The summed E-state index contributed by atoms with van der Waals surface area (Å²) in [6.07, 6.45) is -2.59. The molecule has 94 valence electrons. The van der Waals surface area contributed by atoms with Crippen molar-refractivity contribution in [3.63, 3.8) is 0 Å². The minimum Gasteiger partial charge on any atom is -0.480 e. The van der Waals surface area contributed by atoms with Gasteiger partial charge in [0.2, 0.25) is 0 Å². The van der Waals surface area contributed by atoms with Gasteiger partial charge < -0.3 is 10.4 Å². The Bertz CT molecular complexity index is 407. The van der Waals surface area contributed by atoms with E-state index in [1.165, 1.54) is 13.2 Å². The first-order valence-corrected chi connectivity index (χ1v) is 4.75. The molecular formula is C10H11F3N2O2. The van der Waals surface area contributed by atoms with Crippen molar-refractivity contribution in [1.29, 1.82) is 0 Å². The number of aromatic nitrogens is 1. The zero-order valence-electron chi connectivity index (χ0n) is 8.95. The lowest BCUT2D eigenvalue weighted by Crippen LogP contribution is -2.35. The molecule has 0 spiro atoms. The minimum atomic E-state index is -4.47. The highest BCUT2D eigenvalue weighted by Gasteiger charge is 2.31. The van der Waals surface area contributed by atoms with E-state index in [4.69, 9.17) is 5.11 Å². The van der Waals surface area contributed by atoms with E-state index in [0.29, 0.717) is 6.20 Å². The predicted octanol–water partition coefficient (Wildman–Crippen LogP) is 1.32. The topological polar surface area (TPSA) is 62.2 Å². The third kappa shape index (κ3) is 3.70. The van der Waals surface area contributed by atoms with E-state index in [1.54, 1.807) is 0 Å². The quantitative estimate of drug-likeness (QED) is 0.843. The van der Waals surface area contributed by atoms with Gasteiger partial charge in [-0.2, -0.15) is 13.2 Å². The molecule has 7 heteroatoms. The van der Waals surface area contributed by atoms with Crippen LogP contribution in [0.15, 0.2) is 18.5 Å². The number of nitrogens with zero attached hydrogens (tertiary/aromatic N) is 1. The molecule has 0 amide bonds. The van der Waals surface area contributed by atoms with E-state index in [1.807, 2.05) is 0 Å². The van der Waals surface area contributed by atoms with Gasteiger partial charge in [0.1, 0.15) is 6.04 Å². The number of nitrogens with one attached hydrogen (secondary N) is 1. The maximum Gasteiger partial charge on any atom is 0.417 e. The molecule has 17 heavy (non-hydrogen) atoms. The van der Waals surface area contributed by atoms with Gasteiger partial charge in [-0.15, -0.1) is 0 Å². The lowest BCUT2D eigenvalue weighted by atomic mass is 10.1.